The van der Waals surface area contributed by atoms with Crippen LogP contribution in [-0.4, -0.2) is 42.9 Å². The van der Waals surface area contributed by atoms with Gasteiger partial charge in [0.15, 0.2) is 0 Å². The molecule has 0 radical (unpaired) electrons. The van der Waals surface area contributed by atoms with Crippen molar-refractivity contribution in [3.8, 4) is 0 Å². The van der Waals surface area contributed by atoms with Gasteiger partial charge in [-0.15, -0.1) is 9.05 Å². The van der Waals surface area contributed by atoms with E-state index in [9.17, 15) is 0 Å². The van der Waals surface area contributed by atoms with Crippen molar-refractivity contribution in [2.75, 3.05) is 0 Å². The van der Waals surface area contributed by atoms with Crippen molar-refractivity contribution in [2.24, 2.45) is 0 Å². The van der Waals surface area contributed by atoms with Crippen molar-refractivity contribution in [1.82, 2.24) is 0 Å². The molecule has 0 saturated heterocycles. The first-order valence-corrected chi connectivity index (χ1v) is 3.00. The van der Waals surface area contributed by atoms with Gasteiger partial charge in [0.05, 0.1) is 0 Å². The number of hydrogen-bond acceptors (Lipinski definition) is 4. The molecule has 8 heavy (non-hydrogen) atoms. The fourth-order valence-electron chi connectivity index (χ4n) is 0. The third-order valence-electron chi connectivity index (χ3n) is 0. The summed E-state index contributed by atoms with van der Waals surface area (Å²) in [6.45, 7) is 0. The molecule has 8 heteroatoms. The van der Waals surface area contributed by atoms with Crippen molar-refractivity contribution >= 4 is 49.8 Å². The summed E-state index contributed by atoms with van der Waals surface area (Å²) in [6.07, 6.45) is 0. The standard InChI is InChI=1S/2Ag.Na.H2O3S2.H/c;;;1-5(2,3)4;/h;;;(H2,1,2,3,4);/q2*+1;;;/p-2. The second-order valence-corrected chi connectivity index (χ2v) is 2.45. The minimum atomic E-state index is -4.33. The molecule has 0 aromatic rings. The van der Waals surface area contributed by atoms with E-state index in [1.165, 1.54) is 0 Å². The van der Waals surface area contributed by atoms with Crippen LogP contribution in [0.2, 0.25) is 0 Å². The first-order chi connectivity index (χ1) is 2.00. The van der Waals surface area contributed by atoms with Crippen LogP contribution in [0.25, 0.3) is 0 Å². The summed E-state index contributed by atoms with van der Waals surface area (Å²) in [4.78, 5) is 0. The third kappa shape index (κ3) is 69.0. The second-order valence-electron chi connectivity index (χ2n) is 0.408. The molecule has 0 saturated carbocycles. The minimum absolute atomic E-state index is 0. The van der Waals surface area contributed by atoms with Crippen LogP contribution in [0.1, 0.15) is 0 Å². The summed E-state index contributed by atoms with van der Waals surface area (Å²) in [5, 5.41) is 0. The van der Waals surface area contributed by atoms with E-state index in [2.05, 4.69) is 11.2 Å². The molecule has 0 aromatic heterocycles. The Hall–Kier alpha value is 2.77. The van der Waals surface area contributed by atoms with Gasteiger partial charge in [-0.3, -0.25) is 4.21 Å². The van der Waals surface area contributed by atoms with Crippen LogP contribution >= 0.6 is 0 Å². The van der Waals surface area contributed by atoms with Gasteiger partial charge < -0.3 is 9.11 Å². The molecule has 0 aromatic carbocycles. The van der Waals surface area contributed by atoms with Crippen LogP contribution in [-0.2, 0) is 65.0 Å². The maximum absolute atomic E-state index is 8.89. The zero-order chi connectivity index (χ0) is 4.50. The van der Waals surface area contributed by atoms with E-state index in [0.717, 1.165) is 0 Å². The summed E-state index contributed by atoms with van der Waals surface area (Å²) in [6, 6.07) is 0. The first kappa shape index (κ1) is 22.4. The fraction of sp³-hybridized carbons (Fsp3) is 0. The molecule has 0 unspecified atom stereocenters. The molecule has 3 nitrogen and oxygen atoms in total. The Morgan fingerprint density at radius 2 is 1.25 bits per heavy atom. The van der Waals surface area contributed by atoms with Crippen LogP contribution in [0.5, 0.6) is 0 Å². The van der Waals surface area contributed by atoms with Crippen molar-refractivity contribution in [2.45, 2.75) is 0 Å². The molecule has 0 N–H and O–H groups in total. The maximum atomic E-state index is 8.89. The molecule has 0 aliphatic carbocycles. The van der Waals surface area contributed by atoms with Crippen molar-refractivity contribution < 1.29 is 58.1 Å². The zero-order valence-electron chi connectivity index (χ0n) is 2.64. The average Bonchev–Trinajstić information content (AvgIpc) is 0.722. The Balaban J connectivity index is -0.0000000267. The number of rotatable bonds is 0. The topological polar surface area (TPSA) is 63.2 Å². The summed E-state index contributed by atoms with van der Waals surface area (Å²) >= 11 is 3.24. The van der Waals surface area contributed by atoms with Gasteiger partial charge in [0.25, 0.3) is 0 Å². The predicted molar refractivity (Wildman–Crippen MR) is 24.2 cm³/mol. The van der Waals surface area contributed by atoms with E-state index in [1.807, 2.05) is 0 Å². The molecule has 54 valence electrons. The normalized spacial score (nSPS) is 7.25. The van der Waals surface area contributed by atoms with Gasteiger partial charge in [0.2, 0.25) is 0 Å². The zero-order valence-corrected chi connectivity index (χ0v) is 7.24. The Labute approximate surface area is 106 Å². The van der Waals surface area contributed by atoms with E-state index in [4.69, 9.17) is 13.3 Å². The number of hydrogen-bond donors (Lipinski definition) is 0. The van der Waals surface area contributed by atoms with Crippen molar-refractivity contribution in [3.05, 3.63) is 0 Å². The first-order valence-electron chi connectivity index (χ1n) is 0.667. The quantitative estimate of drug-likeness (QED) is 0.490. The van der Waals surface area contributed by atoms with Crippen LogP contribution in [0.4, 0.5) is 0 Å². The molecule has 0 aliphatic rings. The van der Waals surface area contributed by atoms with Gasteiger partial charge in [0, 0.05) is 0 Å². The van der Waals surface area contributed by atoms with Crippen molar-refractivity contribution in [1.29, 1.82) is 0 Å². The van der Waals surface area contributed by atoms with E-state index in [-0.39, 0.29) is 74.3 Å². The fourth-order valence-corrected chi connectivity index (χ4v) is 0. The van der Waals surface area contributed by atoms with E-state index < -0.39 is 9.05 Å². The summed E-state index contributed by atoms with van der Waals surface area (Å²) in [5.74, 6) is 0. The molecule has 0 bridgehead atoms. The van der Waals surface area contributed by atoms with Crippen LogP contribution in [0.3, 0.4) is 0 Å². The van der Waals surface area contributed by atoms with E-state index in [1.54, 1.807) is 0 Å². The Morgan fingerprint density at radius 1 is 1.25 bits per heavy atom. The molecule has 0 rings (SSSR count). The molecule has 0 atom stereocenters. The SMILES string of the molecule is O=S([O-])([O-])=S.[Ag+].[Ag+].[NaH]. The van der Waals surface area contributed by atoms with Crippen LogP contribution in [0.15, 0.2) is 0 Å². The molecule has 0 heterocycles. The molecule has 0 amide bonds. The molecule has 0 spiro atoms. The van der Waals surface area contributed by atoms with E-state index in [0.29, 0.717) is 0 Å². The summed E-state index contributed by atoms with van der Waals surface area (Å²) < 4.78 is 26.7. The van der Waals surface area contributed by atoms with Gasteiger partial charge in [0.1, 0.15) is 0 Å². The third-order valence-corrected chi connectivity index (χ3v) is 0. The van der Waals surface area contributed by atoms with Gasteiger partial charge in [-0.2, -0.15) is 0 Å². The van der Waals surface area contributed by atoms with Gasteiger partial charge in [-0.1, -0.05) is 0 Å². The van der Waals surface area contributed by atoms with Gasteiger partial charge in [-0.05, 0) is 11.2 Å². The monoisotopic (exact) mass is 350 g/mol. The van der Waals surface area contributed by atoms with Gasteiger partial charge in [-0.25, -0.2) is 0 Å². The molecular formula is HAg2NaO3S2. The van der Waals surface area contributed by atoms with Crippen LogP contribution in [0, 0.1) is 0 Å². The molecule has 0 fully saturated rings. The Bertz CT molecular complexity index is 98.5. The molecular weight excluding hydrogens is 351 g/mol. The molecule has 0 aliphatic heterocycles. The average molecular weight is 352 g/mol. The van der Waals surface area contributed by atoms with Gasteiger partial charge >= 0.3 is 74.3 Å². The van der Waals surface area contributed by atoms with E-state index >= 15 is 0 Å². The summed E-state index contributed by atoms with van der Waals surface area (Å²) in [7, 11) is -4.33. The van der Waals surface area contributed by atoms with Crippen molar-refractivity contribution in [3.63, 3.8) is 0 Å². The Kier molecular flexibility index (Phi) is 27.4. The second kappa shape index (κ2) is 9.77. The summed E-state index contributed by atoms with van der Waals surface area (Å²) in [5.41, 5.74) is 0. The van der Waals surface area contributed by atoms with Crippen LogP contribution < -0.4 is 0 Å². The predicted octanol–water partition coefficient (Wildman–Crippen LogP) is -1.66. The Morgan fingerprint density at radius 3 is 1.25 bits per heavy atom.